The Balaban J connectivity index is 3.38. The molecule has 0 spiro atoms. The van der Waals surface area contributed by atoms with Crippen molar-refractivity contribution < 1.29 is 14.6 Å². The Bertz CT molecular complexity index is 347. The molecule has 0 atom stereocenters. The van der Waals surface area contributed by atoms with Crippen LogP contribution >= 0.6 is 0 Å². The number of aromatic carboxylic acids is 1. The number of carbonyl (C=O) groups is 1. The van der Waals surface area contributed by atoms with Crippen LogP contribution in [0.25, 0.3) is 0 Å². The minimum Gasteiger partial charge on any atom is -0.494 e. The Morgan fingerprint density at radius 1 is 1.54 bits per heavy atom. The fourth-order valence-corrected chi connectivity index (χ4v) is 1.19. The summed E-state index contributed by atoms with van der Waals surface area (Å²) in [6, 6.07) is 3.20. The molecule has 1 aromatic carbocycles. The van der Waals surface area contributed by atoms with E-state index in [0.717, 1.165) is 5.56 Å². The third-order valence-electron chi connectivity index (χ3n) is 1.70. The zero-order valence-corrected chi connectivity index (χ0v) is 7.50. The number of hydrogen-bond donors (Lipinski definition) is 2. The Labute approximate surface area is 75.9 Å². The number of anilines is 1. The first-order valence-electron chi connectivity index (χ1n) is 3.73. The lowest BCUT2D eigenvalue weighted by atomic mass is 10.1. The van der Waals surface area contributed by atoms with E-state index in [2.05, 4.69) is 0 Å². The van der Waals surface area contributed by atoms with Crippen LogP contribution in [0.15, 0.2) is 12.1 Å². The SMILES string of the molecule is COc1c(N)cc(C)cc1C(=O)O. The van der Waals surface area contributed by atoms with Crippen molar-refractivity contribution in [2.75, 3.05) is 12.8 Å². The Kier molecular flexibility index (Phi) is 2.41. The van der Waals surface area contributed by atoms with Crippen LogP contribution in [-0.2, 0) is 0 Å². The third kappa shape index (κ3) is 1.72. The van der Waals surface area contributed by atoms with Gasteiger partial charge in [0.25, 0.3) is 0 Å². The molecular formula is C9H11NO3. The predicted molar refractivity (Wildman–Crippen MR) is 49.1 cm³/mol. The Morgan fingerprint density at radius 2 is 2.15 bits per heavy atom. The van der Waals surface area contributed by atoms with E-state index in [4.69, 9.17) is 15.6 Å². The van der Waals surface area contributed by atoms with Crippen LogP contribution in [0.5, 0.6) is 5.75 Å². The van der Waals surface area contributed by atoms with E-state index in [1.54, 1.807) is 13.0 Å². The van der Waals surface area contributed by atoms with Gasteiger partial charge in [0, 0.05) is 0 Å². The number of hydrogen-bond acceptors (Lipinski definition) is 3. The molecule has 0 unspecified atom stereocenters. The molecule has 0 aliphatic carbocycles. The lowest BCUT2D eigenvalue weighted by Gasteiger charge is -2.08. The van der Waals surface area contributed by atoms with Gasteiger partial charge in [-0.15, -0.1) is 0 Å². The monoisotopic (exact) mass is 181 g/mol. The minimum absolute atomic E-state index is 0.0972. The average molecular weight is 181 g/mol. The number of carboxylic acids is 1. The highest BCUT2D eigenvalue weighted by Gasteiger charge is 2.13. The number of nitrogen functional groups attached to an aromatic ring is 1. The maximum atomic E-state index is 10.7. The highest BCUT2D eigenvalue weighted by atomic mass is 16.5. The van der Waals surface area contributed by atoms with Gasteiger partial charge in [-0.05, 0) is 24.6 Å². The maximum Gasteiger partial charge on any atom is 0.339 e. The molecule has 1 aromatic rings. The van der Waals surface area contributed by atoms with Crippen molar-refractivity contribution in [3.63, 3.8) is 0 Å². The van der Waals surface area contributed by atoms with Crippen molar-refractivity contribution in [1.82, 2.24) is 0 Å². The molecule has 4 heteroatoms. The first kappa shape index (κ1) is 9.38. The van der Waals surface area contributed by atoms with E-state index in [1.165, 1.54) is 13.2 Å². The molecule has 0 heterocycles. The third-order valence-corrected chi connectivity index (χ3v) is 1.70. The second kappa shape index (κ2) is 3.35. The largest absolute Gasteiger partial charge is 0.494 e. The fourth-order valence-electron chi connectivity index (χ4n) is 1.19. The zero-order chi connectivity index (χ0) is 10.0. The lowest BCUT2D eigenvalue weighted by molar-refractivity contribution is 0.0693. The van der Waals surface area contributed by atoms with Crippen LogP contribution in [0, 0.1) is 6.92 Å². The van der Waals surface area contributed by atoms with Crippen LogP contribution in [0.2, 0.25) is 0 Å². The van der Waals surface area contributed by atoms with Crippen molar-refractivity contribution in [3.05, 3.63) is 23.3 Å². The zero-order valence-electron chi connectivity index (χ0n) is 7.50. The topological polar surface area (TPSA) is 72.5 Å². The smallest absolute Gasteiger partial charge is 0.339 e. The number of nitrogens with two attached hydrogens (primary N) is 1. The van der Waals surface area contributed by atoms with Crippen molar-refractivity contribution >= 4 is 11.7 Å². The van der Waals surface area contributed by atoms with Crippen molar-refractivity contribution in [3.8, 4) is 5.75 Å². The van der Waals surface area contributed by atoms with Crippen molar-refractivity contribution in [2.45, 2.75) is 6.92 Å². The average Bonchev–Trinajstić information content (AvgIpc) is 2.02. The molecule has 13 heavy (non-hydrogen) atoms. The molecule has 0 saturated carbocycles. The van der Waals surface area contributed by atoms with Gasteiger partial charge in [0.15, 0.2) is 5.75 Å². The van der Waals surface area contributed by atoms with Gasteiger partial charge in [0.05, 0.1) is 12.8 Å². The molecular weight excluding hydrogens is 170 g/mol. The number of rotatable bonds is 2. The minimum atomic E-state index is -1.03. The van der Waals surface area contributed by atoms with E-state index in [1.807, 2.05) is 0 Å². The molecule has 0 aliphatic rings. The van der Waals surface area contributed by atoms with E-state index in [9.17, 15) is 4.79 Å². The highest BCUT2D eigenvalue weighted by molar-refractivity contribution is 5.93. The number of methoxy groups -OCH3 is 1. The standard InChI is InChI=1S/C9H11NO3/c1-5-3-6(9(11)12)8(13-2)7(10)4-5/h3-4H,10H2,1-2H3,(H,11,12). The van der Waals surface area contributed by atoms with Crippen LogP contribution in [0.3, 0.4) is 0 Å². The summed E-state index contributed by atoms with van der Waals surface area (Å²) in [5, 5.41) is 8.81. The first-order valence-corrected chi connectivity index (χ1v) is 3.73. The van der Waals surface area contributed by atoms with E-state index in [-0.39, 0.29) is 11.3 Å². The van der Waals surface area contributed by atoms with E-state index < -0.39 is 5.97 Å². The number of aryl methyl sites for hydroxylation is 1. The summed E-state index contributed by atoms with van der Waals surface area (Å²) < 4.78 is 4.89. The summed E-state index contributed by atoms with van der Waals surface area (Å²) in [5.74, 6) is -0.814. The van der Waals surface area contributed by atoms with Gasteiger partial charge in [0.2, 0.25) is 0 Å². The molecule has 0 aliphatic heterocycles. The summed E-state index contributed by atoms with van der Waals surface area (Å²) >= 11 is 0. The van der Waals surface area contributed by atoms with Gasteiger partial charge in [-0.3, -0.25) is 0 Å². The molecule has 0 aromatic heterocycles. The van der Waals surface area contributed by atoms with E-state index >= 15 is 0 Å². The molecule has 0 radical (unpaired) electrons. The lowest BCUT2D eigenvalue weighted by Crippen LogP contribution is -2.04. The van der Waals surface area contributed by atoms with Gasteiger partial charge in [-0.1, -0.05) is 0 Å². The quantitative estimate of drug-likeness (QED) is 0.674. The van der Waals surface area contributed by atoms with Crippen LogP contribution < -0.4 is 10.5 Å². The summed E-state index contributed by atoms with van der Waals surface area (Å²) in [4.78, 5) is 10.7. The first-order chi connectivity index (χ1) is 6.06. The highest BCUT2D eigenvalue weighted by Crippen LogP contribution is 2.27. The molecule has 0 saturated heterocycles. The Morgan fingerprint density at radius 3 is 2.62 bits per heavy atom. The van der Waals surface area contributed by atoms with Crippen LogP contribution in [-0.4, -0.2) is 18.2 Å². The number of ether oxygens (including phenoxy) is 1. The predicted octanol–water partition coefficient (Wildman–Crippen LogP) is 1.28. The molecule has 0 amide bonds. The molecule has 0 bridgehead atoms. The molecule has 4 nitrogen and oxygen atoms in total. The van der Waals surface area contributed by atoms with Gasteiger partial charge < -0.3 is 15.6 Å². The Hall–Kier alpha value is -1.71. The maximum absolute atomic E-state index is 10.7. The molecule has 3 N–H and O–H groups in total. The molecule has 0 fully saturated rings. The van der Waals surface area contributed by atoms with Gasteiger partial charge >= 0.3 is 5.97 Å². The van der Waals surface area contributed by atoms with Crippen LogP contribution in [0.1, 0.15) is 15.9 Å². The summed E-state index contributed by atoms with van der Waals surface area (Å²) in [5.41, 5.74) is 6.83. The van der Waals surface area contributed by atoms with E-state index in [0.29, 0.717) is 5.69 Å². The van der Waals surface area contributed by atoms with Crippen molar-refractivity contribution in [1.29, 1.82) is 0 Å². The summed E-state index contributed by atoms with van der Waals surface area (Å²) in [6.45, 7) is 1.78. The normalized spacial score (nSPS) is 9.69. The van der Waals surface area contributed by atoms with Crippen molar-refractivity contribution in [2.24, 2.45) is 0 Å². The van der Waals surface area contributed by atoms with Gasteiger partial charge in [-0.25, -0.2) is 4.79 Å². The molecule has 1 rings (SSSR count). The number of carboxylic acid groups (broad SMARTS) is 1. The summed E-state index contributed by atoms with van der Waals surface area (Å²) in [6.07, 6.45) is 0. The molecule has 70 valence electrons. The second-order valence-corrected chi connectivity index (χ2v) is 2.74. The number of benzene rings is 1. The second-order valence-electron chi connectivity index (χ2n) is 2.74. The van der Waals surface area contributed by atoms with Crippen LogP contribution in [0.4, 0.5) is 5.69 Å². The van der Waals surface area contributed by atoms with Gasteiger partial charge in [0.1, 0.15) is 5.56 Å². The fraction of sp³-hybridized carbons (Fsp3) is 0.222. The van der Waals surface area contributed by atoms with Gasteiger partial charge in [-0.2, -0.15) is 0 Å². The summed E-state index contributed by atoms with van der Waals surface area (Å²) in [7, 11) is 1.40.